The lowest BCUT2D eigenvalue weighted by Crippen LogP contribution is -2.24. The van der Waals surface area contributed by atoms with Gasteiger partial charge in [0.05, 0.1) is 6.04 Å². The van der Waals surface area contributed by atoms with Gasteiger partial charge in [-0.1, -0.05) is 0 Å². The summed E-state index contributed by atoms with van der Waals surface area (Å²) in [7, 11) is 0. The molecule has 0 spiro atoms. The van der Waals surface area contributed by atoms with Crippen molar-refractivity contribution in [1.29, 1.82) is 0 Å². The molecule has 0 amide bonds. The van der Waals surface area contributed by atoms with Gasteiger partial charge in [0.1, 0.15) is 11.5 Å². The van der Waals surface area contributed by atoms with Crippen molar-refractivity contribution >= 4 is 0 Å². The van der Waals surface area contributed by atoms with E-state index in [1.54, 1.807) is 0 Å². The molecule has 4 N–H and O–H groups in total. The van der Waals surface area contributed by atoms with E-state index in [1.807, 2.05) is 0 Å². The molecule has 1 aromatic rings. The van der Waals surface area contributed by atoms with Crippen molar-refractivity contribution in [2.75, 3.05) is 6.54 Å². The second-order valence-corrected chi connectivity index (χ2v) is 2.64. The molecular formula is C7H9F3N4. The van der Waals surface area contributed by atoms with E-state index in [2.05, 4.69) is 9.97 Å². The van der Waals surface area contributed by atoms with Crippen LogP contribution in [0.4, 0.5) is 13.2 Å². The number of alkyl halides is 3. The fraction of sp³-hybridized carbons (Fsp3) is 0.429. The quantitative estimate of drug-likeness (QED) is 0.736. The first-order valence-electron chi connectivity index (χ1n) is 3.81. The molecule has 1 unspecified atom stereocenters. The molecule has 0 aliphatic carbocycles. The van der Waals surface area contributed by atoms with Crippen LogP contribution in [-0.2, 0) is 6.18 Å². The summed E-state index contributed by atoms with van der Waals surface area (Å²) in [6.07, 6.45) is -3.47. The van der Waals surface area contributed by atoms with Gasteiger partial charge in [-0.3, -0.25) is 0 Å². The first-order valence-corrected chi connectivity index (χ1v) is 3.81. The van der Waals surface area contributed by atoms with Crippen LogP contribution in [-0.4, -0.2) is 16.5 Å². The van der Waals surface area contributed by atoms with Crippen LogP contribution in [0.3, 0.4) is 0 Å². The molecule has 0 saturated heterocycles. The summed E-state index contributed by atoms with van der Waals surface area (Å²) in [4.78, 5) is 6.88. The van der Waals surface area contributed by atoms with E-state index in [1.165, 1.54) is 0 Å². The SMILES string of the molecule is NCC(N)c1nccc(C(F)(F)F)n1. The molecule has 4 nitrogen and oxygen atoms in total. The second-order valence-electron chi connectivity index (χ2n) is 2.64. The van der Waals surface area contributed by atoms with Crippen LogP contribution in [0.1, 0.15) is 17.6 Å². The number of halogens is 3. The Morgan fingerprint density at radius 3 is 2.57 bits per heavy atom. The Labute approximate surface area is 78.1 Å². The normalized spacial score (nSPS) is 14.1. The van der Waals surface area contributed by atoms with Gasteiger partial charge in [-0.2, -0.15) is 13.2 Å². The van der Waals surface area contributed by atoms with Crippen molar-refractivity contribution in [1.82, 2.24) is 9.97 Å². The predicted octanol–water partition coefficient (Wildman–Crippen LogP) is 0.454. The lowest BCUT2D eigenvalue weighted by Gasteiger charge is -2.10. The fourth-order valence-electron chi connectivity index (χ4n) is 0.816. The van der Waals surface area contributed by atoms with Gasteiger partial charge in [-0.25, -0.2) is 9.97 Å². The molecule has 0 bridgehead atoms. The van der Waals surface area contributed by atoms with E-state index < -0.39 is 17.9 Å². The highest BCUT2D eigenvalue weighted by Gasteiger charge is 2.33. The van der Waals surface area contributed by atoms with E-state index in [4.69, 9.17) is 11.5 Å². The minimum absolute atomic E-state index is 0.00130. The number of aromatic nitrogens is 2. The smallest absolute Gasteiger partial charge is 0.328 e. The molecule has 1 rings (SSSR count). The lowest BCUT2D eigenvalue weighted by atomic mass is 10.3. The van der Waals surface area contributed by atoms with Crippen LogP contribution >= 0.6 is 0 Å². The highest BCUT2D eigenvalue weighted by atomic mass is 19.4. The largest absolute Gasteiger partial charge is 0.433 e. The van der Waals surface area contributed by atoms with Crippen molar-refractivity contribution in [3.63, 3.8) is 0 Å². The van der Waals surface area contributed by atoms with Gasteiger partial charge in [-0.15, -0.1) is 0 Å². The van der Waals surface area contributed by atoms with Crippen LogP contribution in [0.25, 0.3) is 0 Å². The predicted molar refractivity (Wildman–Crippen MR) is 43.0 cm³/mol. The molecule has 0 aromatic carbocycles. The molecule has 0 aliphatic rings. The molecule has 1 atom stereocenters. The van der Waals surface area contributed by atoms with E-state index >= 15 is 0 Å². The summed E-state index contributed by atoms with van der Waals surface area (Å²) in [6.45, 7) is 0.00130. The van der Waals surface area contributed by atoms with Crippen molar-refractivity contribution in [2.24, 2.45) is 11.5 Å². The third-order valence-electron chi connectivity index (χ3n) is 1.55. The van der Waals surface area contributed by atoms with E-state index in [-0.39, 0.29) is 12.4 Å². The summed E-state index contributed by atoms with van der Waals surface area (Å²) < 4.78 is 36.5. The average molecular weight is 206 g/mol. The summed E-state index contributed by atoms with van der Waals surface area (Å²) >= 11 is 0. The zero-order valence-electron chi connectivity index (χ0n) is 7.12. The maximum Gasteiger partial charge on any atom is 0.433 e. The lowest BCUT2D eigenvalue weighted by molar-refractivity contribution is -0.141. The zero-order chi connectivity index (χ0) is 10.8. The van der Waals surface area contributed by atoms with E-state index in [9.17, 15) is 13.2 Å². The van der Waals surface area contributed by atoms with Crippen molar-refractivity contribution in [2.45, 2.75) is 12.2 Å². The summed E-state index contributed by atoms with van der Waals surface area (Å²) in [5.41, 5.74) is 9.56. The monoisotopic (exact) mass is 206 g/mol. The number of nitrogens with zero attached hydrogens (tertiary/aromatic N) is 2. The molecular weight excluding hydrogens is 197 g/mol. The molecule has 78 valence electrons. The number of rotatable bonds is 2. The molecule has 0 aliphatic heterocycles. The third-order valence-corrected chi connectivity index (χ3v) is 1.55. The fourth-order valence-corrected chi connectivity index (χ4v) is 0.816. The highest BCUT2D eigenvalue weighted by molar-refractivity contribution is 5.08. The van der Waals surface area contributed by atoms with Gasteiger partial charge in [0, 0.05) is 12.7 Å². The standard InChI is InChI=1S/C7H9F3N4/c8-7(9,10)5-1-2-13-6(14-5)4(12)3-11/h1-2,4H,3,11-12H2. The van der Waals surface area contributed by atoms with Crippen molar-refractivity contribution in [3.05, 3.63) is 23.8 Å². The average Bonchev–Trinajstić information content (AvgIpc) is 2.15. The number of nitrogens with two attached hydrogens (primary N) is 2. The van der Waals surface area contributed by atoms with Crippen molar-refractivity contribution in [3.8, 4) is 0 Å². The number of hydrogen-bond donors (Lipinski definition) is 2. The summed E-state index contributed by atoms with van der Waals surface area (Å²) in [5, 5.41) is 0. The van der Waals surface area contributed by atoms with Crippen LogP contribution in [0.2, 0.25) is 0 Å². The molecule has 14 heavy (non-hydrogen) atoms. The molecule has 0 radical (unpaired) electrons. The molecule has 0 saturated carbocycles. The maximum absolute atomic E-state index is 12.2. The van der Waals surface area contributed by atoms with Crippen LogP contribution in [0.5, 0.6) is 0 Å². The maximum atomic E-state index is 12.2. The van der Waals surface area contributed by atoms with E-state index in [0.717, 1.165) is 12.3 Å². The molecule has 1 aromatic heterocycles. The van der Waals surface area contributed by atoms with Crippen LogP contribution in [0.15, 0.2) is 12.3 Å². The first-order chi connectivity index (χ1) is 6.45. The van der Waals surface area contributed by atoms with E-state index in [0.29, 0.717) is 0 Å². The first kappa shape index (κ1) is 10.9. The second kappa shape index (κ2) is 3.89. The Morgan fingerprint density at radius 1 is 1.43 bits per heavy atom. The Bertz CT molecular complexity index is 312. The Morgan fingerprint density at radius 2 is 2.07 bits per heavy atom. The van der Waals surface area contributed by atoms with Gasteiger partial charge in [0.15, 0.2) is 0 Å². The molecule has 7 heteroatoms. The minimum Gasteiger partial charge on any atom is -0.328 e. The van der Waals surface area contributed by atoms with Gasteiger partial charge >= 0.3 is 6.18 Å². The molecule has 1 heterocycles. The minimum atomic E-state index is -4.48. The Hall–Kier alpha value is -1.21. The van der Waals surface area contributed by atoms with Gasteiger partial charge < -0.3 is 11.5 Å². The topological polar surface area (TPSA) is 77.8 Å². The summed E-state index contributed by atoms with van der Waals surface area (Å²) in [5.74, 6) is -0.0951. The van der Waals surface area contributed by atoms with Crippen LogP contribution < -0.4 is 11.5 Å². The summed E-state index contributed by atoms with van der Waals surface area (Å²) in [6, 6.07) is 0.0181. The number of hydrogen-bond acceptors (Lipinski definition) is 4. The highest BCUT2D eigenvalue weighted by Crippen LogP contribution is 2.27. The molecule has 0 fully saturated rings. The van der Waals surface area contributed by atoms with Gasteiger partial charge in [0.2, 0.25) is 0 Å². The van der Waals surface area contributed by atoms with Crippen molar-refractivity contribution < 1.29 is 13.2 Å². The Kier molecular flexibility index (Phi) is 3.02. The van der Waals surface area contributed by atoms with Gasteiger partial charge in [-0.05, 0) is 6.07 Å². The van der Waals surface area contributed by atoms with Crippen LogP contribution in [0, 0.1) is 0 Å². The van der Waals surface area contributed by atoms with Gasteiger partial charge in [0.25, 0.3) is 0 Å². The third kappa shape index (κ3) is 2.39. The Balaban J connectivity index is 3.01. The zero-order valence-corrected chi connectivity index (χ0v) is 7.12.